The summed E-state index contributed by atoms with van der Waals surface area (Å²) in [5, 5.41) is 0. The Labute approximate surface area is 73.4 Å². The molecule has 2 N–H and O–H groups in total. The second kappa shape index (κ2) is 6.40. The monoisotopic (exact) mass is 165 g/mol. The first-order valence-corrected chi connectivity index (χ1v) is 3.96. The van der Waals surface area contributed by atoms with Crippen molar-refractivity contribution in [3.8, 4) is 0 Å². The van der Waals surface area contributed by atoms with E-state index in [2.05, 4.69) is 36.9 Å². The number of hydrogen-bond donors (Lipinski definition) is 1. The minimum Gasteiger partial charge on any atom is -0.370 e. The molecular formula is C10H15NO. The van der Waals surface area contributed by atoms with Crippen molar-refractivity contribution < 1.29 is 4.79 Å². The molecule has 0 unspecified atom stereocenters. The third-order valence-corrected chi connectivity index (χ3v) is 1.25. The third kappa shape index (κ3) is 6.81. The lowest BCUT2D eigenvalue weighted by Gasteiger charge is -1.89. The molecule has 1 amide bonds. The van der Waals surface area contributed by atoms with E-state index in [1.807, 2.05) is 6.07 Å². The third-order valence-electron chi connectivity index (χ3n) is 1.25. The summed E-state index contributed by atoms with van der Waals surface area (Å²) in [5.74, 6) is -0.333. The molecule has 0 aliphatic heterocycles. The summed E-state index contributed by atoms with van der Waals surface area (Å²) in [6.07, 6.45) is 1.14. The van der Waals surface area contributed by atoms with Crippen molar-refractivity contribution in [3.63, 3.8) is 0 Å². The van der Waals surface area contributed by atoms with Gasteiger partial charge in [-0.15, -0.1) is 0 Å². The van der Waals surface area contributed by atoms with E-state index in [1.54, 1.807) is 0 Å². The molecule has 0 fully saturated rings. The summed E-state index contributed by atoms with van der Waals surface area (Å²) in [5.41, 5.74) is 5.88. The maximum absolute atomic E-state index is 9.22. The second-order valence-corrected chi connectivity index (χ2v) is 2.45. The Balaban J connectivity index is 0.000000261. The number of nitrogens with two attached hydrogens (primary N) is 1. The smallest absolute Gasteiger partial charge is 0.214 e. The molecule has 2 nitrogen and oxygen atoms in total. The van der Waals surface area contributed by atoms with Gasteiger partial charge in [-0.1, -0.05) is 37.3 Å². The average Bonchev–Trinajstić information content (AvgIpc) is 2.05. The molecule has 1 aromatic rings. The van der Waals surface area contributed by atoms with Crippen LogP contribution in [0.1, 0.15) is 19.4 Å². The van der Waals surface area contributed by atoms with Crippen molar-refractivity contribution >= 4 is 5.91 Å². The van der Waals surface area contributed by atoms with Gasteiger partial charge < -0.3 is 5.73 Å². The van der Waals surface area contributed by atoms with Gasteiger partial charge in [0.2, 0.25) is 5.91 Å². The summed E-state index contributed by atoms with van der Waals surface area (Å²) in [6.45, 7) is 3.47. The molecule has 0 saturated heterocycles. The highest BCUT2D eigenvalue weighted by molar-refractivity contribution is 5.70. The van der Waals surface area contributed by atoms with Crippen LogP contribution in [0.5, 0.6) is 0 Å². The molecule has 66 valence electrons. The Hall–Kier alpha value is -1.31. The zero-order chi connectivity index (χ0) is 9.40. The predicted octanol–water partition coefficient (Wildman–Crippen LogP) is 1.74. The summed E-state index contributed by atoms with van der Waals surface area (Å²) < 4.78 is 0. The lowest BCUT2D eigenvalue weighted by molar-refractivity contribution is -0.115. The van der Waals surface area contributed by atoms with E-state index < -0.39 is 0 Å². The molecule has 12 heavy (non-hydrogen) atoms. The zero-order valence-corrected chi connectivity index (χ0v) is 7.58. The quantitative estimate of drug-likeness (QED) is 0.676. The summed E-state index contributed by atoms with van der Waals surface area (Å²) in [6, 6.07) is 10.5. The SMILES string of the molecule is CC(N)=O.CCc1ccccc1. The van der Waals surface area contributed by atoms with Crippen molar-refractivity contribution in [2.45, 2.75) is 20.3 Å². The van der Waals surface area contributed by atoms with Gasteiger partial charge in [0.15, 0.2) is 0 Å². The fourth-order valence-corrected chi connectivity index (χ4v) is 0.714. The van der Waals surface area contributed by atoms with Gasteiger partial charge in [-0.2, -0.15) is 0 Å². The van der Waals surface area contributed by atoms with Crippen molar-refractivity contribution in [2.75, 3.05) is 0 Å². The van der Waals surface area contributed by atoms with Crippen molar-refractivity contribution in [2.24, 2.45) is 5.73 Å². The highest BCUT2D eigenvalue weighted by Gasteiger charge is 1.79. The number of carbonyl (C=O) groups excluding carboxylic acids is 1. The van der Waals surface area contributed by atoms with Crippen molar-refractivity contribution in [1.29, 1.82) is 0 Å². The van der Waals surface area contributed by atoms with Gasteiger partial charge in [0.25, 0.3) is 0 Å². The molecule has 0 aliphatic rings. The van der Waals surface area contributed by atoms with Crippen LogP contribution in [0, 0.1) is 0 Å². The second-order valence-electron chi connectivity index (χ2n) is 2.45. The summed E-state index contributed by atoms with van der Waals surface area (Å²) >= 11 is 0. The minimum absolute atomic E-state index is 0.333. The highest BCUT2D eigenvalue weighted by atomic mass is 16.1. The van der Waals surface area contributed by atoms with Crippen LogP contribution in [0.25, 0.3) is 0 Å². The molecule has 0 bridgehead atoms. The molecule has 0 aliphatic carbocycles. The lowest BCUT2D eigenvalue weighted by atomic mass is 10.2. The largest absolute Gasteiger partial charge is 0.370 e. The fraction of sp³-hybridized carbons (Fsp3) is 0.300. The van der Waals surface area contributed by atoms with Crippen LogP contribution < -0.4 is 5.73 Å². The summed E-state index contributed by atoms with van der Waals surface area (Å²) in [7, 11) is 0. The van der Waals surface area contributed by atoms with E-state index in [9.17, 15) is 4.79 Å². The van der Waals surface area contributed by atoms with E-state index in [0.29, 0.717) is 0 Å². The molecule has 0 saturated carbocycles. The number of amides is 1. The van der Waals surface area contributed by atoms with Gasteiger partial charge in [-0.25, -0.2) is 0 Å². The molecule has 0 spiro atoms. The van der Waals surface area contributed by atoms with Crippen LogP contribution >= 0.6 is 0 Å². The molecule has 0 aromatic heterocycles. The minimum atomic E-state index is -0.333. The van der Waals surface area contributed by atoms with Crippen molar-refractivity contribution in [1.82, 2.24) is 0 Å². The van der Waals surface area contributed by atoms with E-state index in [0.717, 1.165) is 6.42 Å². The molecule has 0 atom stereocenters. The molecule has 0 heterocycles. The Morgan fingerprint density at radius 2 is 1.75 bits per heavy atom. The van der Waals surface area contributed by atoms with E-state index >= 15 is 0 Å². The van der Waals surface area contributed by atoms with Crippen LogP contribution in [-0.2, 0) is 11.2 Å². The maximum Gasteiger partial charge on any atom is 0.214 e. The molecule has 1 rings (SSSR count). The Morgan fingerprint density at radius 1 is 1.33 bits per heavy atom. The number of carbonyl (C=O) groups is 1. The first kappa shape index (κ1) is 10.7. The topological polar surface area (TPSA) is 43.1 Å². The fourth-order valence-electron chi connectivity index (χ4n) is 0.714. The van der Waals surface area contributed by atoms with Crippen LogP contribution in [0.4, 0.5) is 0 Å². The van der Waals surface area contributed by atoms with Gasteiger partial charge >= 0.3 is 0 Å². The van der Waals surface area contributed by atoms with E-state index in [-0.39, 0.29) is 5.91 Å². The van der Waals surface area contributed by atoms with Crippen LogP contribution in [0.15, 0.2) is 30.3 Å². The molecule has 2 heteroatoms. The van der Waals surface area contributed by atoms with Gasteiger partial charge in [0, 0.05) is 6.92 Å². The number of hydrogen-bond acceptors (Lipinski definition) is 1. The van der Waals surface area contributed by atoms with Crippen LogP contribution in [-0.4, -0.2) is 5.91 Å². The Kier molecular flexibility index (Phi) is 5.70. The standard InChI is InChI=1S/C8H10.C2H5NO/c1-2-8-6-4-3-5-7-8;1-2(3)4/h3-7H,2H2,1H3;1H3,(H2,3,4). The molecule has 0 radical (unpaired) electrons. The Morgan fingerprint density at radius 3 is 2.00 bits per heavy atom. The lowest BCUT2D eigenvalue weighted by Crippen LogP contribution is -2.01. The molecular weight excluding hydrogens is 150 g/mol. The van der Waals surface area contributed by atoms with Gasteiger partial charge in [0.1, 0.15) is 0 Å². The van der Waals surface area contributed by atoms with Gasteiger partial charge in [-0.05, 0) is 12.0 Å². The number of rotatable bonds is 1. The first-order valence-electron chi connectivity index (χ1n) is 3.96. The van der Waals surface area contributed by atoms with Gasteiger partial charge in [-0.3, -0.25) is 4.79 Å². The van der Waals surface area contributed by atoms with Crippen LogP contribution in [0.3, 0.4) is 0 Å². The number of primary amides is 1. The summed E-state index contributed by atoms with van der Waals surface area (Å²) in [4.78, 5) is 9.22. The van der Waals surface area contributed by atoms with Crippen molar-refractivity contribution in [3.05, 3.63) is 35.9 Å². The Bertz CT molecular complexity index is 215. The zero-order valence-electron chi connectivity index (χ0n) is 7.58. The normalized spacial score (nSPS) is 8.17. The maximum atomic E-state index is 9.22. The van der Waals surface area contributed by atoms with E-state index in [4.69, 9.17) is 0 Å². The van der Waals surface area contributed by atoms with E-state index in [1.165, 1.54) is 12.5 Å². The molecule has 1 aromatic carbocycles. The first-order chi connectivity index (χ1) is 5.66. The predicted molar refractivity (Wildman–Crippen MR) is 50.7 cm³/mol. The highest BCUT2D eigenvalue weighted by Crippen LogP contribution is 1.96. The van der Waals surface area contributed by atoms with Gasteiger partial charge in [0.05, 0.1) is 0 Å². The van der Waals surface area contributed by atoms with Crippen LogP contribution in [0.2, 0.25) is 0 Å². The average molecular weight is 165 g/mol. The number of benzene rings is 1. The number of aryl methyl sites for hydroxylation is 1.